The number of piperazine rings is 1. The first-order chi connectivity index (χ1) is 10.1. The number of benzene rings is 1. The van der Waals surface area contributed by atoms with Crippen LogP contribution in [-0.4, -0.2) is 43.0 Å². The van der Waals surface area contributed by atoms with Gasteiger partial charge in [-0.2, -0.15) is 0 Å². The third-order valence-corrected chi connectivity index (χ3v) is 4.56. The molecule has 0 radical (unpaired) electrons. The van der Waals surface area contributed by atoms with E-state index in [0.717, 1.165) is 32.6 Å². The Kier molecular flexibility index (Phi) is 3.71. The number of carbonyl (C=O) groups excluding carboxylic acids is 1. The Morgan fingerprint density at radius 3 is 2.81 bits per heavy atom. The van der Waals surface area contributed by atoms with Crippen LogP contribution < -0.4 is 16.4 Å². The Hall–Kier alpha value is -1.82. The third kappa shape index (κ3) is 2.68. The summed E-state index contributed by atoms with van der Waals surface area (Å²) in [4.78, 5) is 15.9. The van der Waals surface area contributed by atoms with Crippen LogP contribution in [0.15, 0.2) is 12.1 Å². The predicted octanol–water partition coefficient (Wildman–Crippen LogP) is 1.18. The first kappa shape index (κ1) is 14.1. The number of nitrogens with two attached hydrogens (primary N) is 2. The summed E-state index contributed by atoms with van der Waals surface area (Å²) in [5, 5.41) is 0. The highest BCUT2D eigenvalue weighted by atomic mass is 19.1. The number of amides is 1. The molecule has 5 nitrogen and oxygen atoms in total. The molecule has 1 atom stereocenters. The van der Waals surface area contributed by atoms with Gasteiger partial charge in [0, 0.05) is 31.4 Å². The topological polar surface area (TPSA) is 75.6 Å². The average Bonchev–Trinajstić information content (AvgIpc) is 2.46. The molecule has 3 rings (SSSR count). The van der Waals surface area contributed by atoms with Crippen LogP contribution in [-0.2, 0) is 0 Å². The van der Waals surface area contributed by atoms with Gasteiger partial charge in [0.25, 0.3) is 5.91 Å². The normalized spacial score (nSPS) is 22.9. The van der Waals surface area contributed by atoms with E-state index in [4.69, 9.17) is 11.5 Å². The monoisotopic (exact) mass is 292 g/mol. The van der Waals surface area contributed by atoms with Crippen molar-refractivity contribution in [3.63, 3.8) is 0 Å². The van der Waals surface area contributed by atoms with E-state index in [1.807, 2.05) is 4.90 Å². The lowest BCUT2D eigenvalue weighted by Crippen LogP contribution is -2.55. The molecular weight excluding hydrogens is 271 g/mol. The molecule has 6 heteroatoms. The van der Waals surface area contributed by atoms with Crippen molar-refractivity contribution in [3.8, 4) is 0 Å². The number of primary amides is 1. The second-order valence-electron chi connectivity index (χ2n) is 5.89. The molecular formula is C15H21FN4O. The highest BCUT2D eigenvalue weighted by molar-refractivity contribution is 5.99. The first-order valence-electron chi connectivity index (χ1n) is 7.44. The van der Waals surface area contributed by atoms with Crippen LogP contribution >= 0.6 is 0 Å². The zero-order chi connectivity index (χ0) is 15.0. The lowest BCUT2D eigenvalue weighted by molar-refractivity contribution is 0.100. The van der Waals surface area contributed by atoms with Crippen molar-refractivity contribution in [3.05, 3.63) is 23.5 Å². The highest BCUT2D eigenvalue weighted by Gasteiger charge is 2.30. The van der Waals surface area contributed by atoms with E-state index in [9.17, 15) is 9.18 Å². The van der Waals surface area contributed by atoms with Gasteiger partial charge in [0.15, 0.2) is 0 Å². The molecule has 1 aromatic rings. The minimum absolute atomic E-state index is 0.0973. The van der Waals surface area contributed by atoms with Crippen molar-refractivity contribution in [2.45, 2.75) is 25.3 Å². The molecule has 2 heterocycles. The van der Waals surface area contributed by atoms with E-state index in [1.54, 1.807) is 0 Å². The number of fused-ring (bicyclic) bond motifs is 1. The Morgan fingerprint density at radius 1 is 1.24 bits per heavy atom. The number of hydrogen-bond donors (Lipinski definition) is 2. The number of carbonyl (C=O) groups is 1. The van der Waals surface area contributed by atoms with Gasteiger partial charge >= 0.3 is 0 Å². The Balaban J connectivity index is 1.86. The summed E-state index contributed by atoms with van der Waals surface area (Å²) in [7, 11) is 0. The summed E-state index contributed by atoms with van der Waals surface area (Å²) in [6.07, 6.45) is 3.63. The number of anilines is 2. The summed E-state index contributed by atoms with van der Waals surface area (Å²) >= 11 is 0. The van der Waals surface area contributed by atoms with E-state index in [1.165, 1.54) is 25.0 Å². The standard InChI is InChI=1S/C15H21FN4O/c16-12-8-13(17)11(15(18)21)7-14(12)20-6-5-19-4-2-1-3-10(19)9-20/h7-8,10H,1-6,9,17H2,(H2,18,21). The van der Waals surface area contributed by atoms with Gasteiger partial charge in [-0.1, -0.05) is 6.42 Å². The van der Waals surface area contributed by atoms with Crippen LogP contribution in [0.5, 0.6) is 0 Å². The molecule has 0 aromatic heterocycles. The van der Waals surface area contributed by atoms with Gasteiger partial charge in [0.2, 0.25) is 0 Å². The maximum Gasteiger partial charge on any atom is 0.250 e. The molecule has 0 aliphatic carbocycles. The van der Waals surface area contributed by atoms with Crippen LogP contribution in [0.2, 0.25) is 0 Å². The molecule has 0 saturated carbocycles. The molecule has 1 aromatic carbocycles. The van der Waals surface area contributed by atoms with Crippen LogP contribution in [0, 0.1) is 5.82 Å². The average molecular weight is 292 g/mol. The van der Waals surface area contributed by atoms with Gasteiger partial charge in [-0.15, -0.1) is 0 Å². The molecule has 2 aliphatic heterocycles. The van der Waals surface area contributed by atoms with E-state index < -0.39 is 5.91 Å². The number of piperidine rings is 1. The van der Waals surface area contributed by atoms with E-state index in [0.29, 0.717) is 11.7 Å². The predicted molar refractivity (Wildman–Crippen MR) is 80.8 cm³/mol. The third-order valence-electron chi connectivity index (χ3n) is 4.56. The minimum Gasteiger partial charge on any atom is -0.398 e. The number of rotatable bonds is 2. The molecule has 1 amide bonds. The van der Waals surface area contributed by atoms with Crippen molar-refractivity contribution in [2.75, 3.05) is 36.8 Å². The van der Waals surface area contributed by atoms with Gasteiger partial charge in [-0.05, 0) is 31.5 Å². The quantitative estimate of drug-likeness (QED) is 0.803. The van der Waals surface area contributed by atoms with Crippen LogP contribution in [0.3, 0.4) is 0 Å². The number of halogens is 1. The van der Waals surface area contributed by atoms with Crippen LogP contribution in [0.1, 0.15) is 29.6 Å². The minimum atomic E-state index is -0.620. The van der Waals surface area contributed by atoms with Gasteiger partial charge < -0.3 is 16.4 Å². The molecule has 0 bridgehead atoms. The lowest BCUT2D eigenvalue weighted by atomic mass is 9.99. The summed E-state index contributed by atoms with van der Waals surface area (Å²) in [6, 6.07) is 3.16. The van der Waals surface area contributed by atoms with Gasteiger partial charge in [-0.25, -0.2) is 4.39 Å². The maximum absolute atomic E-state index is 14.2. The molecule has 21 heavy (non-hydrogen) atoms. The van der Waals surface area contributed by atoms with E-state index in [2.05, 4.69) is 4.90 Å². The van der Waals surface area contributed by atoms with Crippen molar-refractivity contribution in [2.24, 2.45) is 5.73 Å². The Labute approximate surface area is 123 Å². The fourth-order valence-electron chi connectivity index (χ4n) is 3.41. The van der Waals surface area contributed by atoms with Gasteiger partial charge in [0.1, 0.15) is 5.82 Å². The molecule has 2 saturated heterocycles. The lowest BCUT2D eigenvalue weighted by Gasteiger charge is -2.45. The molecule has 2 aliphatic rings. The first-order valence-corrected chi connectivity index (χ1v) is 7.44. The summed E-state index contributed by atoms with van der Waals surface area (Å²) < 4.78 is 14.2. The van der Waals surface area contributed by atoms with Crippen molar-refractivity contribution >= 4 is 17.3 Å². The molecule has 2 fully saturated rings. The van der Waals surface area contributed by atoms with Crippen molar-refractivity contribution in [1.29, 1.82) is 0 Å². The molecule has 4 N–H and O–H groups in total. The smallest absolute Gasteiger partial charge is 0.250 e. The zero-order valence-corrected chi connectivity index (χ0v) is 12.0. The number of nitrogen functional groups attached to an aromatic ring is 1. The number of nitrogens with zero attached hydrogens (tertiary/aromatic N) is 2. The van der Waals surface area contributed by atoms with Crippen molar-refractivity contribution < 1.29 is 9.18 Å². The fraction of sp³-hybridized carbons (Fsp3) is 0.533. The Bertz CT molecular complexity index is 563. The van der Waals surface area contributed by atoms with Crippen LogP contribution in [0.25, 0.3) is 0 Å². The van der Waals surface area contributed by atoms with Crippen molar-refractivity contribution in [1.82, 2.24) is 4.90 Å². The second-order valence-corrected chi connectivity index (χ2v) is 5.89. The van der Waals surface area contributed by atoms with Gasteiger partial charge in [-0.3, -0.25) is 9.69 Å². The van der Waals surface area contributed by atoms with E-state index in [-0.39, 0.29) is 17.1 Å². The zero-order valence-electron chi connectivity index (χ0n) is 12.0. The number of hydrogen-bond acceptors (Lipinski definition) is 4. The second kappa shape index (κ2) is 5.52. The SMILES string of the molecule is NC(=O)c1cc(N2CCN3CCCCC3C2)c(F)cc1N. The largest absolute Gasteiger partial charge is 0.398 e. The van der Waals surface area contributed by atoms with Crippen LogP contribution in [0.4, 0.5) is 15.8 Å². The summed E-state index contributed by atoms with van der Waals surface area (Å²) in [5.41, 5.74) is 11.7. The van der Waals surface area contributed by atoms with E-state index >= 15 is 0 Å². The molecule has 114 valence electrons. The Morgan fingerprint density at radius 2 is 2.05 bits per heavy atom. The molecule has 0 spiro atoms. The highest BCUT2D eigenvalue weighted by Crippen LogP contribution is 2.29. The van der Waals surface area contributed by atoms with Gasteiger partial charge in [0.05, 0.1) is 11.3 Å². The summed E-state index contributed by atoms with van der Waals surface area (Å²) in [5.74, 6) is -1.01. The molecule has 1 unspecified atom stereocenters. The fourth-order valence-corrected chi connectivity index (χ4v) is 3.41. The maximum atomic E-state index is 14.2. The summed E-state index contributed by atoms with van der Waals surface area (Å²) in [6.45, 7) is 3.62.